The van der Waals surface area contributed by atoms with Crippen molar-refractivity contribution in [2.75, 3.05) is 18.4 Å². The number of anilines is 1. The van der Waals surface area contributed by atoms with Crippen LogP contribution < -0.4 is 10.6 Å². The minimum absolute atomic E-state index is 0.00421. The first-order valence-corrected chi connectivity index (χ1v) is 11.4. The minimum Gasteiger partial charge on any atom is -0.357 e. The molecule has 0 aromatic heterocycles. The molecule has 0 saturated carbocycles. The van der Waals surface area contributed by atoms with Crippen LogP contribution >= 0.6 is 0 Å². The molecule has 2 N–H and O–H groups in total. The summed E-state index contributed by atoms with van der Waals surface area (Å²) >= 11 is 0. The highest BCUT2D eigenvalue weighted by Crippen LogP contribution is 2.35. The summed E-state index contributed by atoms with van der Waals surface area (Å²) in [5.74, 6) is 0.00421. The summed E-state index contributed by atoms with van der Waals surface area (Å²) in [5.41, 5.74) is 5.62. The fraction of sp³-hybridized carbons (Fsp3) is 0.250. The molecule has 1 spiro atoms. The maximum absolute atomic E-state index is 12.4. The fourth-order valence-electron chi connectivity index (χ4n) is 4.85. The highest BCUT2D eigenvalue weighted by Gasteiger charge is 2.43. The largest absolute Gasteiger partial charge is 0.357 e. The molecule has 32 heavy (non-hydrogen) atoms. The van der Waals surface area contributed by atoms with E-state index in [4.69, 9.17) is 0 Å². The lowest BCUT2D eigenvalue weighted by atomic mass is 9.85. The van der Waals surface area contributed by atoms with Gasteiger partial charge in [-0.05, 0) is 42.0 Å². The number of rotatable bonds is 6. The van der Waals surface area contributed by atoms with Crippen LogP contribution in [0.2, 0.25) is 0 Å². The summed E-state index contributed by atoms with van der Waals surface area (Å²) in [7, 11) is 0. The van der Waals surface area contributed by atoms with Gasteiger partial charge in [-0.15, -0.1) is 0 Å². The van der Waals surface area contributed by atoms with Gasteiger partial charge >= 0.3 is 0 Å². The third kappa shape index (κ3) is 4.46. The Morgan fingerprint density at radius 1 is 0.812 bits per heavy atom. The van der Waals surface area contributed by atoms with Crippen LogP contribution in [0, 0.1) is 0 Å². The van der Waals surface area contributed by atoms with Crippen molar-refractivity contribution >= 4 is 11.6 Å². The zero-order chi connectivity index (χ0) is 21.8. The van der Waals surface area contributed by atoms with Gasteiger partial charge in [0.25, 0.3) is 0 Å². The molecule has 1 saturated heterocycles. The molecule has 0 atom stereocenters. The third-order valence-electron chi connectivity index (χ3n) is 6.64. The van der Waals surface area contributed by atoms with Gasteiger partial charge in [0.15, 0.2) is 0 Å². The van der Waals surface area contributed by atoms with Crippen molar-refractivity contribution in [3.05, 3.63) is 113 Å². The molecule has 2 heterocycles. The first kappa shape index (κ1) is 20.5. The highest BCUT2D eigenvalue weighted by atomic mass is 16.1. The lowest BCUT2D eigenvalue weighted by molar-refractivity contribution is -0.117. The SMILES string of the molecule is O=C1C=C(Nc2ccccc2Cc2ccccc2)C2(CCN(Cc3ccccc3)CC2)N1. The Morgan fingerprint density at radius 3 is 2.16 bits per heavy atom. The second-order valence-corrected chi connectivity index (χ2v) is 8.84. The zero-order valence-electron chi connectivity index (χ0n) is 18.3. The number of carbonyl (C=O) groups excluding carboxylic acids is 1. The number of amides is 1. The van der Waals surface area contributed by atoms with Crippen molar-refractivity contribution in [1.82, 2.24) is 10.2 Å². The lowest BCUT2D eigenvalue weighted by Crippen LogP contribution is -2.53. The molecule has 4 heteroatoms. The Balaban J connectivity index is 1.30. The van der Waals surface area contributed by atoms with E-state index in [2.05, 4.69) is 94.4 Å². The molecule has 0 unspecified atom stereocenters. The summed E-state index contributed by atoms with van der Waals surface area (Å²) in [6.45, 7) is 2.87. The second kappa shape index (κ2) is 9.01. The quantitative estimate of drug-likeness (QED) is 0.602. The lowest BCUT2D eigenvalue weighted by Gasteiger charge is -2.41. The van der Waals surface area contributed by atoms with Crippen molar-refractivity contribution in [3.8, 4) is 0 Å². The Bertz CT molecular complexity index is 1100. The maximum Gasteiger partial charge on any atom is 0.246 e. The predicted molar refractivity (Wildman–Crippen MR) is 129 cm³/mol. The first-order chi connectivity index (χ1) is 15.7. The van der Waals surface area contributed by atoms with Gasteiger partial charge in [-0.1, -0.05) is 78.9 Å². The molecule has 4 nitrogen and oxygen atoms in total. The average Bonchev–Trinajstić information content (AvgIpc) is 3.12. The van der Waals surface area contributed by atoms with E-state index in [0.29, 0.717) is 0 Å². The van der Waals surface area contributed by atoms with Crippen molar-refractivity contribution in [1.29, 1.82) is 0 Å². The number of piperidine rings is 1. The van der Waals surface area contributed by atoms with Gasteiger partial charge in [-0.25, -0.2) is 0 Å². The van der Waals surface area contributed by atoms with Crippen LogP contribution in [0.25, 0.3) is 0 Å². The Kier molecular flexibility index (Phi) is 5.78. The summed E-state index contributed by atoms with van der Waals surface area (Å²) in [6, 6.07) is 29.5. The number of nitrogens with one attached hydrogen (secondary N) is 2. The Hall–Kier alpha value is -3.37. The van der Waals surface area contributed by atoms with Gasteiger partial charge in [0.2, 0.25) is 5.91 Å². The summed E-state index contributed by atoms with van der Waals surface area (Å²) < 4.78 is 0. The number of benzene rings is 3. The summed E-state index contributed by atoms with van der Waals surface area (Å²) in [6.07, 6.45) is 4.43. The van der Waals surface area contributed by atoms with Crippen LogP contribution in [-0.4, -0.2) is 29.4 Å². The second-order valence-electron chi connectivity index (χ2n) is 8.84. The molecule has 0 bridgehead atoms. The van der Waals surface area contributed by atoms with Crippen LogP contribution in [0.3, 0.4) is 0 Å². The van der Waals surface area contributed by atoms with Gasteiger partial charge in [0.1, 0.15) is 0 Å². The fourth-order valence-corrected chi connectivity index (χ4v) is 4.85. The van der Waals surface area contributed by atoms with E-state index in [1.54, 1.807) is 6.08 Å². The van der Waals surface area contributed by atoms with E-state index in [0.717, 1.165) is 50.3 Å². The normalized spacial score (nSPS) is 17.8. The topological polar surface area (TPSA) is 44.4 Å². The number of hydrogen-bond acceptors (Lipinski definition) is 3. The number of likely N-dealkylation sites (tertiary alicyclic amines) is 1. The van der Waals surface area contributed by atoms with E-state index >= 15 is 0 Å². The van der Waals surface area contributed by atoms with Gasteiger partial charge in [0.05, 0.1) is 5.54 Å². The van der Waals surface area contributed by atoms with Crippen molar-refractivity contribution < 1.29 is 4.79 Å². The molecule has 3 aromatic rings. The molecule has 2 aliphatic heterocycles. The molecule has 5 rings (SSSR count). The number of carbonyl (C=O) groups is 1. The average molecular weight is 424 g/mol. The number of hydrogen-bond donors (Lipinski definition) is 2. The first-order valence-electron chi connectivity index (χ1n) is 11.4. The summed E-state index contributed by atoms with van der Waals surface area (Å²) in [5, 5.41) is 6.92. The molecule has 3 aromatic carbocycles. The van der Waals surface area contributed by atoms with Gasteiger partial charge in [-0.3, -0.25) is 9.69 Å². The number of nitrogens with zero attached hydrogens (tertiary/aromatic N) is 1. The molecular weight excluding hydrogens is 394 g/mol. The molecule has 1 amide bonds. The van der Waals surface area contributed by atoms with Gasteiger partial charge in [-0.2, -0.15) is 0 Å². The van der Waals surface area contributed by atoms with Crippen LogP contribution in [0.15, 0.2) is 96.7 Å². The van der Waals surface area contributed by atoms with E-state index in [9.17, 15) is 4.79 Å². The molecule has 0 radical (unpaired) electrons. The third-order valence-corrected chi connectivity index (χ3v) is 6.64. The number of para-hydroxylation sites is 1. The van der Waals surface area contributed by atoms with Gasteiger partial charge < -0.3 is 10.6 Å². The predicted octanol–water partition coefficient (Wildman–Crippen LogP) is 4.74. The molecular formula is C28H29N3O. The van der Waals surface area contributed by atoms with Crippen LogP contribution in [0.5, 0.6) is 0 Å². The summed E-state index contributed by atoms with van der Waals surface area (Å²) in [4.78, 5) is 14.9. The smallest absolute Gasteiger partial charge is 0.246 e. The van der Waals surface area contributed by atoms with E-state index < -0.39 is 0 Å². The molecule has 2 aliphatic rings. The standard InChI is InChI=1S/C28H29N3O/c32-27-20-26(29-25-14-8-7-13-24(25)19-22-9-3-1-4-10-22)28(30-27)15-17-31(18-16-28)21-23-11-5-2-6-12-23/h1-14,20,29H,15-19,21H2,(H,30,32). The molecule has 162 valence electrons. The van der Waals surface area contributed by atoms with E-state index in [1.165, 1.54) is 16.7 Å². The van der Waals surface area contributed by atoms with E-state index in [1.807, 2.05) is 6.07 Å². The minimum atomic E-state index is -0.301. The maximum atomic E-state index is 12.4. The zero-order valence-corrected chi connectivity index (χ0v) is 18.3. The van der Waals surface area contributed by atoms with Crippen LogP contribution in [-0.2, 0) is 17.8 Å². The van der Waals surface area contributed by atoms with Gasteiger partial charge in [0, 0.05) is 37.1 Å². The Labute approximate surface area is 190 Å². The van der Waals surface area contributed by atoms with Crippen LogP contribution in [0.4, 0.5) is 5.69 Å². The monoisotopic (exact) mass is 423 g/mol. The van der Waals surface area contributed by atoms with Crippen molar-refractivity contribution in [2.24, 2.45) is 0 Å². The highest BCUT2D eigenvalue weighted by molar-refractivity contribution is 5.94. The molecule has 0 aliphatic carbocycles. The van der Waals surface area contributed by atoms with E-state index in [-0.39, 0.29) is 11.4 Å². The molecule has 1 fully saturated rings. The Morgan fingerprint density at radius 2 is 1.44 bits per heavy atom. The van der Waals surface area contributed by atoms with Crippen molar-refractivity contribution in [3.63, 3.8) is 0 Å². The van der Waals surface area contributed by atoms with Crippen molar-refractivity contribution in [2.45, 2.75) is 31.3 Å². The van der Waals surface area contributed by atoms with Crippen LogP contribution in [0.1, 0.15) is 29.5 Å².